The van der Waals surface area contributed by atoms with E-state index in [1.165, 1.54) is 12.1 Å². The maximum atomic E-state index is 12.9. The fourth-order valence-corrected chi connectivity index (χ4v) is 3.52. The van der Waals surface area contributed by atoms with Crippen LogP contribution in [0, 0.1) is 0 Å². The molecule has 0 bridgehead atoms. The maximum Gasteiger partial charge on any atom is 0.416 e. The van der Waals surface area contributed by atoms with Crippen molar-refractivity contribution in [3.8, 4) is 0 Å². The van der Waals surface area contributed by atoms with Crippen LogP contribution in [0.3, 0.4) is 0 Å². The molecule has 0 saturated heterocycles. The fraction of sp³-hybridized carbons (Fsp3) is 0.462. The Balaban J connectivity index is 3.13. The lowest BCUT2D eigenvalue weighted by molar-refractivity contribution is -0.138. The van der Waals surface area contributed by atoms with Gasteiger partial charge in [0.05, 0.1) is 11.3 Å². The second-order valence-corrected chi connectivity index (χ2v) is 6.61. The molecule has 0 spiro atoms. The van der Waals surface area contributed by atoms with Gasteiger partial charge in [-0.3, -0.25) is 4.79 Å². The van der Waals surface area contributed by atoms with Crippen molar-refractivity contribution in [1.29, 1.82) is 0 Å². The molecular formula is C13H16F3NO4S. The van der Waals surface area contributed by atoms with Gasteiger partial charge in [-0.1, -0.05) is 25.1 Å². The van der Waals surface area contributed by atoms with Crippen LogP contribution in [0.4, 0.5) is 13.2 Å². The quantitative estimate of drug-likeness (QED) is 0.827. The van der Waals surface area contributed by atoms with Crippen molar-refractivity contribution in [2.75, 3.05) is 13.1 Å². The number of carboxylic acids is 1. The predicted molar refractivity (Wildman–Crippen MR) is 73.6 cm³/mol. The molecule has 1 N–H and O–H groups in total. The number of carboxylic acid groups (broad SMARTS) is 1. The molecule has 0 atom stereocenters. The van der Waals surface area contributed by atoms with E-state index in [2.05, 4.69) is 0 Å². The molecule has 22 heavy (non-hydrogen) atoms. The number of hydrogen-bond donors (Lipinski definition) is 1. The molecule has 0 unspecified atom stereocenters. The number of carbonyl (C=O) groups is 1. The van der Waals surface area contributed by atoms with E-state index >= 15 is 0 Å². The zero-order valence-electron chi connectivity index (χ0n) is 11.8. The first-order valence-corrected chi connectivity index (χ1v) is 8.03. The summed E-state index contributed by atoms with van der Waals surface area (Å²) in [6, 6.07) is 4.35. The van der Waals surface area contributed by atoms with Crippen molar-refractivity contribution in [3.63, 3.8) is 0 Å². The summed E-state index contributed by atoms with van der Waals surface area (Å²) in [4.78, 5) is 10.7. The summed E-state index contributed by atoms with van der Waals surface area (Å²) in [7, 11) is -4.16. The van der Waals surface area contributed by atoms with Crippen LogP contribution in [-0.2, 0) is 26.7 Å². The first kappa shape index (κ1) is 18.4. The van der Waals surface area contributed by atoms with Crippen molar-refractivity contribution in [1.82, 2.24) is 4.31 Å². The maximum absolute atomic E-state index is 12.9. The van der Waals surface area contributed by atoms with Crippen LogP contribution < -0.4 is 0 Å². The summed E-state index contributed by atoms with van der Waals surface area (Å²) in [5, 5.41) is 8.74. The van der Waals surface area contributed by atoms with Gasteiger partial charge in [0.25, 0.3) is 0 Å². The Morgan fingerprint density at radius 3 is 2.36 bits per heavy atom. The summed E-state index contributed by atoms with van der Waals surface area (Å²) in [5.74, 6) is -2.25. The number of benzene rings is 1. The minimum absolute atomic E-state index is 0.0666. The summed E-state index contributed by atoms with van der Waals surface area (Å²) in [5.41, 5.74) is -1.44. The zero-order valence-corrected chi connectivity index (χ0v) is 12.6. The molecular weight excluding hydrogens is 323 g/mol. The molecule has 0 fully saturated rings. The van der Waals surface area contributed by atoms with Crippen LogP contribution in [0.15, 0.2) is 24.3 Å². The number of alkyl halides is 3. The molecule has 124 valence electrons. The number of rotatable bonds is 7. The van der Waals surface area contributed by atoms with Gasteiger partial charge in [0.1, 0.15) is 6.54 Å². The van der Waals surface area contributed by atoms with Crippen LogP contribution in [-0.4, -0.2) is 36.9 Å². The number of sulfonamides is 1. The molecule has 0 aliphatic rings. The fourth-order valence-electron chi connectivity index (χ4n) is 1.93. The summed E-state index contributed by atoms with van der Waals surface area (Å²) in [6.07, 6.45) is -4.32. The lowest BCUT2D eigenvalue weighted by Crippen LogP contribution is -2.37. The van der Waals surface area contributed by atoms with Crippen molar-refractivity contribution < 1.29 is 31.5 Å². The number of hydrogen-bond acceptors (Lipinski definition) is 3. The highest BCUT2D eigenvalue weighted by atomic mass is 32.2. The second-order valence-electron chi connectivity index (χ2n) is 4.64. The van der Waals surface area contributed by atoms with Gasteiger partial charge in [-0.2, -0.15) is 17.5 Å². The Morgan fingerprint density at radius 1 is 1.27 bits per heavy atom. The van der Waals surface area contributed by atoms with Crippen molar-refractivity contribution >= 4 is 16.0 Å². The molecule has 0 aromatic heterocycles. The monoisotopic (exact) mass is 339 g/mol. The Hall–Kier alpha value is -1.61. The van der Waals surface area contributed by atoms with Crippen LogP contribution >= 0.6 is 0 Å². The van der Waals surface area contributed by atoms with E-state index in [0.29, 0.717) is 10.7 Å². The van der Waals surface area contributed by atoms with Crippen molar-refractivity contribution in [2.24, 2.45) is 0 Å². The van der Waals surface area contributed by atoms with Gasteiger partial charge in [-0.25, -0.2) is 8.42 Å². The van der Waals surface area contributed by atoms with E-state index in [0.717, 1.165) is 12.1 Å². The normalized spacial score (nSPS) is 12.6. The minimum atomic E-state index is -4.67. The molecule has 1 aromatic carbocycles. The number of aliphatic carboxylic acids is 1. The van der Waals surface area contributed by atoms with Crippen LogP contribution in [0.25, 0.3) is 0 Å². The Kier molecular flexibility index (Phi) is 5.95. The second kappa shape index (κ2) is 7.10. The van der Waals surface area contributed by atoms with Gasteiger partial charge < -0.3 is 5.11 Å². The molecule has 1 rings (SSSR count). The van der Waals surface area contributed by atoms with Crippen LogP contribution in [0.5, 0.6) is 0 Å². The lowest BCUT2D eigenvalue weighted by Gasteiger charge is -2.21. The molecule has 0 amide bonds. The number of halogens is 3. The molecule has 0 aliphatic carbocycles. The van der Waals surface area contributed by atoms with Crippen molar-refractivity contribution in [3.05, 3.63) is 35.4 Å². The first-order chi connectivity index (χ1) is 10.1. The average molecular weight is 339 g/mol. The summed E-state index contributed by atoms with van der Waals surface area (Å²) >= 11 is 0. The molecule has 9 heteroatoms. The predicted octanol–water partition coefficient (Wildman–Crippen LogP) is 2.33. The molecule has 0 aliphatic heterocycles. The summed E-state index contributed by atoms with van der Waals surface area (Å²) in [6.45, 7) is 0.807. The van der Waals surface area contributed by atoms with Crippen molar-refractivity contribution in [2.45, 2.75) is 25.3 Å². The Morgan fingerprint density at radius 2 is 1.86 bits per heavy atom. The van der Waals surface area contributed by atoms with Gasteiger partial charge in [0, 0.05) is 6.54 Å². The lowest BCUT2D eigenvalue weighted by atomic mass is 10.1. The molecule has 0 heterocycles. The van der Waals surface area contributed by atoms with Gasteiger partial charge >= 0.3 is 12.1 Å². The van der Waals surface area contributed by atoms with E-state index in [4.69, 9.17) is 5.11 Å². The topological polar surface area (TPSA) is 74.7 Å². The van der Waals surface area contributed by atoms with Crippen LogP contribution in [0.2, 0.25) is 0 Å². The first-order valence-electron chi connectivity index (χ1n) is 6.42. The van der Waals surface area contributed by atoms with Crippen LogP contribution in [0.1, 0.15) is 24.5 Å². The molecule has 5 nitrogen and oxygen atoms in total. The Bertz CT molecular complexity index is 628. The highest BCUT2D eigenvalue weighted by Crippen LogP contribution is 2.32. The SMILES string of the molecule is CCCN(CC(=O)O)S(=O)(=O)Cc1ccccc1C(F)(F)F. The highest BCUT2D eigenvalue weighted by molar-refractivity contribution is 7.88. The van der Waals surface area contributed by atoms with E-state index in [1.54, 1.807) is 6.92 Å². The third kappa shape index (κ3) is 4.99. The van der Waals surface area contributed by atoms with E-state index in [-0.39, 0.29) is 6.54 Å². The zero-order chi connectivity index (χ0) is 17.0. The highest BCUT2D eigenvalue weighted by Gasteiger charge is 2.35. The van der Waals surface area contributed by atoms with E-state index in [1.807, 2.05) is 0 Å². The minimum Gasteiger partial charge on any atom is -0.480 e. The molecule has 0 saturated carbocycles. The van der Waals surface area contributed by atoms with Gasteiger partial charge in [0.2, 0.25) is 10.0 Å². The van der Waals surface area contributed by atoms with E-state index < -0.39 is 45.6 Å². The summed E-state index contributed by atoms with van der Waals surface area (Å²) < 4.78 is 63.7. The Labute approximate surface area is 126 Å². The van der Waals surface area contributed by atoms with E-state index in [9.17, 15) is 26.4 Å². The van der Waals surface area contributed by atoms with Gasteiger partial charge in [-0.15, -0.1) is 0 Å². The third-order valence-electron chi connectivity index (χ3n) is 2.84. The molecule has 1 aromatic rings. The molecule has 0 radical (unpaired) electrons. The smallest absolute Gasteiger partial charge is 0.416 e. The standard InChI is InChI=1S/C13H16F3NO4S/c1-2-7-17(8-12(18)19)22(20,21)9-10-5-3-4-6-11(10)13(14,15)16/h3-6H,2,7-9H2,1H3,(H,18,19). The van der Waals surface area contributed by atoms with Gasteiger partial charge in [-0.05, 0) is 18.1 Å². The largest absolute Gasteiger partial charge is 0.480 e. The average Bonchev–Trinajstić information content (AvgIpc) is 2.36. The number of nitrogens with zero attached hydrogens (tertiary/aromatic N) is 1. The van der Waals surface area contributed by atoms with Gasteiger partial charge in [0.15, 0.2) is 0 Å². The third-order valence-corrected chi connectivity index (χ3v) is 4.61.